The maximum atomic E-state index is 11.8. The Bertz CT molecular complexity index is 598. The molecule has 0 atom stereocenters. The number of amides is 1. The molecule has 6 nitrogen and oxygen atoms in total. The molecule has 0 unspecified atom stereocenters. The first-order valence-corrected chi connectivity index (χ1v) is 8.79. The van der Waals surface area contributed by atoms with Crippen LogP contribution < -0.4 is 5.32 Å². The van der Waals surface area contributed by atoms with E-state index in [1.165, 1.54) is 34.4 Å². The summed E-state index contributed by atoms with van der Waals surface area (Å²) >= 11 is 4.02. The summed E-state index contributed by atoms with van der Waals surface area (Å²) in [6, 6.07) is 3.81. The quantitative estimate of drug-likeness (QED) is 0.472. The zero-order valence-electron chi connectivity index (χ0n) is 11.2. The minimum atomic E-state index is -0.291. The van der Waals surface area contributed by atoms with E-state index in [9.17, 15) is 9.59 Å². The Labute approximate surface area is 133 Å². The Morgan fingerprint density at radius 3 is 3.00 bits per heavy atom. The van der Waals surface area contributed by atoms with Crippen LogP contribution in [-0.4, -0.2) is 34.4 Å². The molecule has 2 aromatic heterocycles. The Morgan fingerprint density at radius 1 is 1.43 bits per heavy atom. The highest BCUT2D eigenvalue weighted by Gasteiger charge is 2.11. The molecule has 112 valence electrons. The van der Waals surface area contributed by atoms with Crippen LogP contribution in [0.4, 0.5) is 5.13 Å². The molecule has 1 N–H and O–H groups in total. The van der Waals surface area contributed by atoms with Crippen molar-refractivity contribution in [3.8, 4) is 0 Å². The minimum Gasteiger partial charge on any atom is -0.465 e. The van der Waals surface area contributed by atoms with Crippen LogP contribution in [-0.2, 0) is 20.7 Å². The third-order valence-corrected chi connectivity index (χ3v) is 5.01. The first-order chi connectivity index (χ1) is 10.2. The van der Waals surface area contributed by atoms with Crippen LogP contribution in [0.2, 0.25) is 0 Å². The number of carbonyl (C=O) groups is 2. The monoisotopic (exact) mass is 343 g/mol. The molecule has 1 amide bonds. The van der Waals surface area contributed by atoms with Crippen molar-refractivity contribution >= 4 is 51.4 Å². The molecule has 2 heterocycles. The summed E-state index contributed by atoms with van der Waals surface area (Å²) in [5.74, 6) is -0.234. The van der Waals surface area contributed by atoms with Gasteiger partial charge in [-0.25, -0.2) is 0 Å². The average molecular weight is 343 g/mol. The van der Waals surface area contributed by atoms with Crippen molar-refractivity contribution < 1.29 is 14.3 Å². The lowest BCUT2D eigenvalue weighted by atomic mass is 10.3. The number of nitrogens with one attached hydrogen (secondary N) is 1. The molecule has 0 aromatic carbocycles. The highest BCUT2D eigenvalue weighted by atomic mass is 32.2. The van der Waals surface area contributed by atoms with Gasteiger partial charge in [0.25, 0.3) is 0 Å². The van der Waals surface area contributed by atoms with Gasteiger partial charge in [0.15, 0.2) is 4.34 Å². The van der Waals surface area contributed by atoms with Crippen LogP contribution in [0.3, 0.4) is 0 Å². The largest absolute Gasteiger partial charge is 0.465 e. The summed E-state index contributed by atoms with van der Waals surface area (Å²) in [5, 5.41) is 12.8. The Balaban J connectivity index is 1.79. The maximum Gasteiger partial charge on any atom is 0.316 e. The van der Waals surface area contributed by atoms with Crippen molar-refractivity contribution in [1.82, 2.24) is 10.2 Å². The second kappa shape index (κ2) is 8.11. The fourth-order valence-corrected chi connectivity index (χ4v) is 3.65. The second-order valence-corrected chi connectivity index (χ2v) is 7.00. The van der Waals surface area contributed by atoms with Crippen LogP contribution in [0.15, 0.2) is 21.9 Å². The normalized spacial score (nSPS) is 10.3. The first-order valence-electron chi connectivity index (χ1n) is 6.11. The number of thiophene rings is 1. The Morgan fingerprint density at radius 2 is 2.29 bits per heavy atom. The van der Waals surface area contributed by atoms with E-state index in [0.717, 1.165) is 4.88 Å². The molecule has 0 saturated carbocycles. The van der Waals surface area contributed by atoms with Gasteiger partial charge in [-0.15, -0.1) is 21.5 Å². The van der Waals surface area contributed by atoms with Gasteiger partial charge in [-0.2, -0.15) is 0 Å². The number of ether oxygens (including phenoxy) is 1. The molecule has 9 heteroatoms. The molecule has 2 aromatic rings. The molecule has 0 radical (unpaired) electrons. The van der Waals surface area contributed by atoms with Gasteiger partial charge in [0, 0.05) is 4.88 Å². The molecule has 0 aliphatic heterocycles. The fourth-order valence-electron chi connectivity index (χ4n) is 1.38. The van der Waals surface area contributed by atoms with Gasteiger partial charge in [-0.3, -0.25) is 9.59 Å². The number of anilines is 1. The number of nitrogens with zero attached hydrogens (tertiary/aromatic N) is 2. The Hall–Kier alpha value is -1.45. The Kier molecular flexibility index (Phi) is 6.15. The van der Waals surface area contributed by atoms with Crippen LogP contribution in [0.1, 0.15) is 11.8 Å². The molecular formula is C12H13N3O3S3. The van der Waals surface area contributed by atoms with E-state index >= 15 is 0 Å². The van der Waals surface area contributed by atoms with E-state index in [1.54, 1.807) is 6.92 Å². The van der Waals surface area contributed by atoms with Gasteiger partial charge in [0.05, 0.1) is 18.8 Å². The van der Waals surface area contributed by atoms with Crippen molar-refractivity contribution in [2.45, 2.75) is 17.7 Å². The van der Waals surface area contributed by atoms with E-state index in [4.69, 9.17) is 4.74 Å². The van der Waals surface area contributed by atoms with Gasteiger partial charge in [-0.1, -0.05) is 29.2 Å². The number of esters is 1. The van der Waals surface area contributed by atoms with Gasteiger partial charge < -0.3 is 10.1 Å². The lowest BCUT2D eigenvalue weighted by Crippen LogP contribution is -2.13. The van der Waals surface area contributed by atoms with E-state index in [0.29, 0.717) is 22.5 Å². The summed E-state index contributed by atoms with van der Waals surface area (Å²) in [7, 11) is 0. The number of hydrogen-bond acceptors (Lipinski definition) is 8. The van der Waals surface area contributed by atoms with Crippen LogP contribution in [0.25, 0.3) is 0 Å². The lowest BCUT2D eigenvalue weighted by molar-refractivity contribution is -0.139. The molecule has 2 rings (SSSR count). The van der Waals surface area contributed by atoms with Gasteiger partial charge in [0.2, 0.25) is 11.0 Å². The van der Waals surface area contributed by atoms with Gasteiger partial charge >= 0.3 is 5.97 Å². The summed E-state index contributed by atoms with van der Waals surface area (Å²) in [5.41, 5.74) is 0. The number of aromatic nitrogens is 2. The number of thioether (sulfide) groups is 1. The summed E-state index contributed by atoms with van der Waals surface area (Å²) < 4.78 is 5.44. The molecule has 0 aliphatic carbocycles. The molecule has 0 spiro atoms. The molecule has 0 bridgehead atoms. The third-order valence-electron chi connectivity index (χ3n) is 2.19. The summed E-state index contributed by atoms with van der Waals surface area (Å²) in [6.07, 6.45) is 0.322. The standard InChI is InChI=1S/C12H13N3O3S3/c1-2-18-10(17)7-20-12-15-14-11(21-12)13-9(16)6-8-4-3-5-19-8/h3-5H,2,6-7H2,1H3,(H,13,14,16). The van der Waals surface area contributed by atoms with E-state index in [1.807, 2.05) is 17.5 Å². The van der Waals surface area contributed by atoms with Crippen LogP contribution in [0, 0.1) is 0 Å². The van der Waals surface area contributed by atoms with Crippen molar-refractivity contribution in [2.75, 3.05) is 17.7 Å². The zero-order valence-corrected chi connectivity index (χ0v) is 13.6. The van der Waals surface area contributed by atoms with Gasteiger partial charge in [0.1, 0.15) is 0 Å². The first kappa shape index (κ1) is 15.9. The second-order valence-electron chi connectivity index (χ2n) is 3.77. The summed E-state index contributed by atoms with van der Waals surface area (Å²) in [4.78, 5) is 24.0. The van der Waals surface area contributed by atoms with Crippen molar-refractivity contribution in [3.63, 3.8) is 0 Å². The van der Waals surface area contributed by atoms with Crippen LogP contribution >= 0.6 is 34.4 Å². The van der Waals surface area contributed by atoms with E-state index < -0.39 is 0 Å². The van der Waals surface area contributed by atoms with Crippen molar-refractivity contribution in [2.24, 2.45) is 0 Å². The van der Waals surface area contributed by atoms with Crippen LogP contribution in [0.5, 0.6) is 0 Å². The smallest absolute Gasteiger partial charge is 0.316 e. The SMILES string of the molecule is CCOC(=O)CSc1nnc(NC(=O)Cc2cccs2)s1. The van der Waals surface area contributed by atoms with Gasteiger partial charge in [-0.05, 0) is 18.4 Å². The number of carbonyl (C=O) groups excluding carboxylic acids is 2. The third kappa shape index (κ3) is 5.44. The average Bonchev–Trinajstić information content (AvgIpc) is 3.08. The molecule has 21 heavy (non-hydrogen) atoms. The van der Waals surface area contributed by atoms with Crippen molar-refractivity contribution in [3.05, 3.63) is 22.4 Å². The fraction of sp³-hybridized carbons (Fsp3) is 0.333. The molecular weight excluding hydrogens is 330 g/mol. The minimum absolute atomic E-state index is 0.129. The lowest BCUT2D eigenvalue weighted by Gasteiger charge is -1.99. The van der Waals surface area contributed by atoms with E-state index in [2.05, 4.69) is 15.5 Å². The number of rotatable bonds is 7. The highest BCUT2D eigenvalue weighted by molar-refractivity contribution is 8.01. The maximum absolute atomic E-state index is 11.8. The summed E-state index contributed by atoms with van der Waals surface area (Å²) in [6.45, 7) is 2.12. The zero-order chi connectivity index (χ0) is 15.1. The van der Waals surface area contributed by atoms with Crippen molar-refractivity contribution in [1.29, 1.82) is 0 Å². The van der Waals surface area contributed by atoms with E-state index in [-0.39, 0.29) is 17.6 Å². The predicted molar refractivity (Wildman–Crippen MR) is 83.9 cm³/mol. The molecule has 0 fully saturated rings. The topological polar surface area (TPSA) is 81.2 Å². The molecule has 0 saturated heterocycles. The highest BCUT2D eigenvalue weighted by Crippen LogP contribution is 2.25. The predicted octanol–water partition coefficient (Wildman–Crippen LogP) is 2.44. The number of hydrogen-bond donors (Lipinski definition) is 1. The molecule has 0 aliphatic rings.